The minimum Gasteiger partial charge on any atom is -0.399 e. The van der Waals surface area contributed by atoms with Crippen molar-refractivity contribution in [1.82, 2.24) is 9.97 Å². The first-order valence-corrected chi connectivity index (χ1v) is 6.40. The second-order valence-electron chi connectivity index (χ2n) is 5.99. The molecule has 0 unspecified atom stereocenters. The number of hydrogen-bond acceptors (Lipinski definition) is 3. The van der Waals surface area contributed by atoms with Crippen LogP contribution in [0, 0.1) is 11.8 Å². The zero-order valence-corrected chi connectivity index (χ0v) is 11.8. The fourth-order valence-corrected chi connectivity index (χ4v) is 2.14. The lowest BCUT2D eigenvalue weighted by molar-refractivity contribution is 0.00578. The van der Waals surface area contributed by atoms with Crippen molar-refractivity contribution in [3.05, 3.63) is 24.0 Å². The molecule has 0 saturated carbocycles. The molecule has 0 radical (unpaired) electrons. The smallest absolute Gasteiger partial charge is 0.399 e. The lowest BCUT2D eigenvalue weighted by atomic mass is 9.79. The lowest BCUT2D eigenvalue weighted by Crippen LogP contribution is -2.41. The third kappa shape index (κ3) is 1.84. The van der Waals surface area contributed by atoms with E-state index >= 15 is 0 Å². The molecule has 0 aromatic carbocycles. The van der Waals surface area contributed by atoms with E-state index in [-0.39, 0.29) is 16.5 Å². The molecule has 0 spiro atoms. The highest BCUT2D eigenvalue weighted by molar-refractivity contribution is 6.62. The van der Waals surface area contributed by atoms with Gasteiger partial charge >= 0.3 is 7.12 Å². The molecule has 2 aromatic heterocycles. The molecule has 7 heteroatoms. The standard InChI is InChI=1S/C13H15BF2N2O2/c1-12(2)13(3,4)20-14(19-12)8-5-7-9(15)6-17-11(7)18-10(8)16/h5-6H,1-4H3,(H,17,18). The zero-order valence-electron chi connectivity index (χ0n) is 11.8. The maximum atomic E-state index is 14.1. The van der Waals surface area contributed by atoms with Crippen LogP contribution in [0.3, 0.4) is 0 Å². The maximum Gasteiger partial charge on any atom is 0.499 e. The van der Waals surface area contributed by atoms with E-state index in [9.17, 15) is 8.78 Å². The van der Waals surface area contributed by atoms with Gasteiger partial charge in [0.1, 0.15) is 11.5 Å². The Labute approximate surface area is 115 Å². The third-order valence-corrected chi connectivity index (χ3v) is 4.10. The van der Waals surface area contributed by atoms with Gasteiger partial charge in [-0.2, -0.15) is 4.39 Å². The predicted molar refractivity (Wildman–Crippen MR) is 71.7 cm³/mol. The highest BCUT2D eigenvalue weighted by Crippen LogP contribution is 2.36. The Balaban J connectivity index is 2.07. The molecule has 0 bridgehead atoms. The van der Waals surface area contributed by atoms with Crippen LogP contribution < -0.4 is 5.46 Å². The van der Waals surface area contributed by atoms with Crippen molar-refractivity contribution >= 4 is 23.6 Å². The van der Waals surface area contributed by atoms with Gasteiger partial charge in [0.2, 0.25) is 5.95 Å². The topological polar surface area (TPSA) is 47.1 Å². The molecule has 1 fully saturated rings. The summed E-state index contributed by atoms with van der Waals surface area (Å²) < 4.78 is 39.2. The second-order valence-corrected chi connectivity index (χ2v) is 5.99. The number of pyridine rings is 1. The van der Waals surface area contributed by atoms with Gasteiger partial charge in [-0.25, -0.2) is 9.37 Å². The van der Waals surface area contributed by atoms with Gasteiger partial charge < -0.3 is 14.3 Å². The molecular formula is C13H15BF2N2O2. The third-order valence-electron chi connectivity index (χ3n) is 4.10. The van der Waals surface area contributed by atoms with E-state index in [1.807, 2.05) is 27.7 Å². The van der Waals surface area contributed by atoms with Gasteiger partial charge in [0.05, 0.1) is 16.6 Å². The molecule has 1 aliphatic rings. The van der Waals surface area contributed by atoms with E-state index in [1.165, 1.54) is 6.07 Å². The average molecular weight is 280 g/mol. The quantitative estimate of drug-likeness (QED) is 0.643. The largest absolute Gasteiger partial charge is 0.499 e. The number of nitrogens with one attached hydrogen (secondary N) is 1. The number of hydrogen-bond donors (Lipinski definition) is 1. The fourth-order valence-electron chi connectivity index (χ4n) is 2.14. The molecule has 1 aliphatic heterocycles. The summed E-state index contributed by atoms with van der Waals surface area (Å²) in [5.41, 5.74) is -0.902. The van der Waals surface area contributed by atoms with Crippen LogP contribution >= 0.6 is 0 Å². The SMILES string of the molecule is CC1(C)OB(c2cc3c(F)c[nH]c3nc2F)OC1(C)C. The second kappa shape index (κ2) is 4.02. The van der Waals surface area contributed by atoms with Crippen molar-refractivity contribution in [2.24, 2.45) is 0 Å². The van der Waals surface area contributed by atoms with Crippen LogP contribution in [0.1, 0.15) is 27.7 Å². The number of halogens is 2. The summed E-state index contributed by atoms with van der Waals surface area (Å²) in [6.07, 6.45) is 1.14. The average Bonchev–Trinajstić information content (AvgIpc) is 2.77. The van der Waals surface area contributed by atoms with Crippen LogP contribution in [0.25, 0.3) is 11.0 Å². The van der Waals surface area contributed by atoms with E-state index in [0.717, 1.165) is 6.20 Å². The van der Waals surface area contributed by atoms with Crippen molar-refractivity contribution < 1.29 is 18.1 Å². The number of rotatable bonds is 1. The summed E-state index contributed by atoms with van der Waals surface area (Å²) in [6.45, 7) is 7.48. The molecule has 3 rings (SSSR count). The van der Waals surface area contributed by atoms with Crippen LogP contribution in [-0.2, 0) is 9.31 Å². The van der Waals surface area contributed by atoms with Gasteiger partial charge in [-0.3, -0.25) is 0 Å². The van der Waals surface area contributed by atoms with Gasteiger partial charge in [0.25, 0.3) is 0 Å². The maximum absolute atomic E-state index is 14.1. The van der Waals surface area contributed by atoms with Crippen molar-refractivity contribution in [1.29, 1.82) is 0 Å². The Morgan fingerprint density at radius 3 is 2.35 bits per heavy atom. The molecule has 20 heavy (non-hydrogen) atoms. The number of nitrogens with zero attached hydrogens (tertiary/aromatic N) is 1. The van der Waals surface area contributed by atoms with E-state index in [0.29, 0.717) is 0 Å². The Morgan fingerprint density at radius 2 is 1.75 bits per heavy atom. The van der Waals surface area contributed by atoms with Crippen LogP contribution in [0.15, 0.2) is 12.3 Å². The van der Waals surface area contributed by atoms with Crippen LogP contribution in [0.5, 0.6) is 0 Å². The lowest BCUT2D eigenvalue weighted by Gasteiger charge is -2.32. The molecule has 0 atom stereocenters. The first kappa shape index (κ1) is 13.5. The van der Waals surface area contributed by atoms with Crippen molar-refractivity contribution in [3.63, 3.8) is 0 Å². The van der Waals surface area contributed by atoms with Crippen LogP contribution in [0.4, 0.5) is 8.78 Å². The molecule has 1 saturated heterocycles. The van der Waals surface area contributed by atoms with Gasteiger partial charge in [0, 0.05) is 11.7 Å². The monoisotopic (exact) mass is 280 g/mol. The molecule has 0 amide bonds. The van der Waals surface area contributed by atoms with E-state index in [4.69, 9.17) is 9.31 Å². The highest BCUT2D eigenvalue weighted by Gasteiger charge is 2.52. The first-order chi connectivity index (χ1) is 9.21. The molecule has 106 valence electrons. The number of fused-ring (bicyclic) bond motifs is 1. The number of aromatic amines is 1. The normalized spacial score (nSPS) is 20.8. The zero-order chi connectivity index (χ0) is 14.7. The van der Waals surface area contributed by atoms with Gasteiger partial charge in [-0.1, -0.05) is 0 Å². The minimum atomic E-state index is -0.897. The molecule has 4 nitrogen and oxygen atoms in total. The summed E-state index contributed by atoms with van der Waals surface area (Å²) in [5, 5.41) is 0.219. The highest BCUT2D eigenvalue weighted by atomic mass is 19.1. The summed E-state index contributed by atoms with van der Waals surface area (Å²) in [6, 6.07) is 1.38. The van der Waals surface area contributed by atoms with Gasteiger partial charge in [0.15, 0.2) is 0 Å². The predicted octanol–water partition coefficient (Wildman–Crippen LogP) is 2.14. The van der Waals surface area contributed by atoms with E-state index in [1.54, 1.807) is 0 Å². The van der Waals surface area contributed by atoms with Crippen molar-refractivity contribution in [2.75, 3.05) is 0 Å². The fraction of sp³-hybridized carbons (Fsp3) is 0.462. The van der Waals surface area contributed by atoms with Crippen LogP contribution in [0.2, 0.25) is 0 Å². The molecule has 3 heterocycles. The van der Waals surface area contributed by atoms with Crippen molar-refractivity contribution in [3.8, 4) is 0 Å². The minimum absolute atomic E-state index is 0.106. The molecule has 0 aliphatic carbocycles. The molecular weight excluding hydrogens is 265 g/mol. The Morgan fingerprint density at radius 1 is 1.15 bits per heavy atom. The van der Waals surface area contributed by atoms with Crippen LogP contribution in [-0.4, -0.2) is 28.3 Å². The Bertz CT molecular complexity index is 668. The first-order valence-electron chi connectivity index (χ1n) is 6.40. The van der Waals surface area contributed by atoms with E-state index < -0.39 is 30.1 Å². The molecule has 2 aromatic rings. The Hall–Kier alpha value is -1.47. The van der Waals surface area contributed by atoms with E-state index in [2.05, 4.69) is 9.97 Å². The summed E-state index contributed by atoms with van der Waals surface area (Å²) in [7, 11) is -0.897. The van der Waals surface area contributed by atoms with Gasteiger partial charge in [-0.15, -0.1) is 0 Å². The van der Waals surface area contributed by atoms with Crippen molar-refractivity contribution in [2.45, 2.75) is 38.9 Å². The summed E-state index contributed by atoms with van der Waals surface area (Å²) in [4.78, 5) is 6.29. The summed E-state index contributed by atoms with van der Waals surface area (Å²) >= 11 is 0. The molecule has 1 N–H and O–H groups in total. The van der Waals surface area contributed by atoms with Gasteiger partial charge in [-0.05, 0) is 33.8 Å². The number of aromatic nitrogens is 2. The summed E-state index contributed by atoms with van der Waals surface area (Å²) in [5.74, 6) is -1.21. The number of H-pyrrole nitrogens is 1. The Kier molecular flexibility index (Phi) is 2.72.